The molecule has 1 saturated carbocycles. The summed E-state index contributed by atoms with van der Waals surface area (Å²) in [6, 6.07) is 10.2. The highest BCUT2D eigenvalue weighted by atomic mass is 32.1. The second-order valence-corrected chi connectivity index (χ2v) is 5.40. The minimum Gasteiger partial charge on any atom is -0.293 e. The summed E-state index contributed by atoms with van der Waals surface area (Å²) in [6.45, 7) is 0. The Kier molecular flexibility index (Phi) is 2.56. The first-order valence-electron chi connectivity index (χ1n) is 5.64. The quantitative estimate of drug-likeness (QED) is 0.744. The van der Waals surface area contributed by atoms with Crippen molar-refractivity contribution < 1.29 is 9.18 Å². The summed E-state index contributed by atoms with van der Waals surface area (Å²) in [7, 11) is 0. The molecule has 0 atom stereocenters. The van der Waals surface area contributed by atoms with Gasteiger partial charge in [0.15, 0.2) is 5.78 Å². The van der Waals surface area contributed by atoms with Gasteiger partial charge in [0, 0.05) is 10.8 Å². The van der Waals surface area contributed by atoms with Gasteiger partial charge in [-0.15, -0.1) is 11.3 Å². The molecule has 2 aromatic rings. The SMILES string of the molecule is O=C(c1ccc(-c2cccc(F)c2)s1)C1CC1. The topological polar surface area (TPSA) is 17.1 Å². The van der Waals surface area contributed by atoms with Gasteiger partial charge in [0.1, 0.15) is 5.82 Å². The molecule has 0 unspecified atom stereocenters. The number of thiophene rings is 1. The predicted molar refractivity (Wildman–Crippen MR) is 66.8 cm³/mol. The summed E-state index contributed by atoms with van der Waals surface area (Å²) in [5.74, 6) is 0.248. The second-order valence-electron chi connectivity index (χ2n) is 4.31. The largest absolute Gasteiger partial charge is 0.293 e. The van der Waals surface area contributed by atoms with E-state index in [9.17, 15) is 9.18 Å². The number of ketones is 1. The molecule has 86 valence electrons. The molecule has 0 bridgehead atoms. The third-order valence-corrected chi connectivity index (χ3v) is 4.06. The summed E-state index contributed by atoms with van der Waals surface area (Å²) >= 11 is 1.45. The van der Waals surface area contributed by atoms with E-state index < -0.39 is 0 Å². The van der Waals surface area contributed by atoms with Crippen LogP contribution in [0.1, 0.15) is 22.5 Å². The maximum absolute atomic E-state index is 13.1. The van der Waals surface area contributed by atoms with E-state index in [2.05, 4.69) is 0 Å². The van der Waals surface area contributed by atoms with Crippen LogP contribution >= 0.6 is 11.3 Å². The van der Waals surface area contributed by atoms with E-state index in [1.165, 1.54) is 23.5 Å². The van der Waals surface area contributed by atoms with Crippen molar-refractivity contribution in [2.24, 2.45) is 5.92 Å². The molecule has 0 spiro atoms. The van der Waals surface area contributed by atoms with Crippen molar-refractivity contribution in [2.75, 3.05) is 0 Å². The Morgan fingerprint density at radius 3 is 2.76 bits per heavy atom. The number of hydrogen-bond acceptors (Lipinski definition) is 2. The van der Waals surface area contributed by atoms with Gasteiger partial charge < -0.3 is 0 Å². The molecule has 0 N–H and O–H groups in total. The monoisotopic (exact) mass is 246 g/mol. The van der Waals surface area contributed by atoms with E-state index in [-0.39, 0.29) is 17.5 Å². The number of benzene rings is 1. The maximum Gasteiger partial charge on any atom is 0.175 e. The standard InChI is InChI=1S/C14H11FOS/c15-11-3-1-2-10(8-11)12-6-7-13(17-12)14(16)9-4-5-9/h1-3,6-9H,4-5H2. The molecular weight excluding hydrogens is 235 g/mol. The molecule has 0 radical (unpaired) electrons. The Morgan fingerprint density at radius 1 is 1.24 bits per heavy atom. The van der Waals surface area contributed by atoms with Gasteiger partial charge in [0.2, 0.25) is 0 Å². The highest BCUT2D eigenvalue weighted by Crippen LogP contribution is 2.36. The fourth-order valence-electron chi connectivity index (χ4n) is 1.81. The first-order valence-corrected chi connectivity index (χ1v) is 6.46. The zero-order valence-electron chi connectivity index (χ0n) is 9.15. The van der Waals surface area contributed by atoms with Crippen LogP contribution in [0.4, 0.5) is 4.39 Å². The summed E-state index contributed by atoms with van der Waals surface area (Å²) in [5, 5.41) is 0. The highest BCUT2D eigenvalue weighted by molar-refractivity contribution is 7.17. The minimum atomic E-state index is -0.244. The molecule has 3 heteroatoms. The van der Waals surface area contributed by atoms with Crippen molar-refractivity contribution in [2.45, 2.75) is 12.8 Å². The molecule has 17 heavy (non-hydrogen) atoms. The fraction of sp³-hybridized carbons (Fsp3) is 0.214. The van der Waals surface area contributed by atoms with Gasteiger partial charge in [0.25, 0.3) is 0 Å². The lowest BCUT2D eigenvalue weighted by molar-refractivity contribution is 0.0971. The number of rotatable bonds is 3. The number of halogens is 1. The van der Waals surface area contributed by atoms with Gasteiger partial charge >= 0.3 is 0 Å². The number of Topliss-reactive ketones (excluding diaryl/α,β-unsaturated/α-hetero) is 1. The Balaban J connectivity index is 1.91. The van der Waals surface area contributed by atoms with E-state index in [1.54, 1.807) is 6.07 Å². The van der Waals surface area contributed by atoms with E-state index >= 15 is 0 Å². The number of carbonyl (C=O) groups excluding carboxylic acids is 1. The van der Waals surface area contributed by atoms with E-state index in [0.717, 1.165) is 28.2 Å². The first kappa shape index (κ1) is 10.7. The second kappa shape index (κ2) is 4.08. The van der Waals surface area contributed by atoms with Crippen LogP contribution in [-0.4, -0.2) is 5.78 Å². The van der Waals surface area contributed by atoms with Crippen molar-refractivity contribution in [3.05, 3.63) is 47.1 Å². The number of carbonyl (C=O) groups is 1. The van der Waals surface area contributed by atoms with E-state index in [1.807, 2.05) is 18.2 Å². The lowest BCUT2D eigenvalue weighted by Crippen LogP contribution is -1.96. The Hall–Kier alpha value is -1.48. The smallest absolute Gasteiger partial charge is 0.175 e. The van der Waals surface area contributed by atoms with Crippen LogP contribution in [0.2, 0.25) is 0 Å². The van der Waals surface area contributed by atoms with Crippen molar-refractivity contribution in [3.8, 4) is 10.4 Å². The lowest BCUT2D eigenvalue weighted by Gasteiger charge is -1.96. The third kappa shape index (κ3) is 2.15. The molecule has 1 fully saturated rings. The molecule has 0 saturated heterocycles. The number of hydrogen-bond donors (Lipinski definition) is 0. The molecular formula is C14H11FOS. The lowest BCUT2D eigenvalue weighted by atomic mass is 10.2. The summed E-state index contributed by atoms with van der Waals surface area (Å²) in [6.07, 6.45) is 2.04. The van der Waals surface area contributed by atoms with Crippen LogP contribution in [0.15, 0.2) is 36.4 Å². The molecule has 0 aliphatic heterocycles. The molecule has 1 aliphatic rings. The van der Waals surface area contributed by atoms with Gasteiger partial charge in [-0.25, -0.2) is 4.39 Å². The molecule has 1 nitrogen and oxygen atoms in total. The van der Waals surface area contributed by atoms with Crippen LogP contribution in [0, 0.1) is 11.7 Å². The van der Waals surface area contributed by atoms with Gasteiger partial charge in [-0.2, -0.15) is 0 Å². The zero-order chi connectivity index (χ0) is 11.8. The Morgan fingerprint density at radius 2 is 2.06 bits per heavy atom. The van der Waals surface area contributed by atoms with Gasteiger partial charge in [0.05, 0.1) is 4.88 Å². The van der Waals surface area contributed by atoms with Crippen LogP contribution in [0.25, 0.3) is 10.4 Å². The van der Waals surface area contributed by atoms with Gasteiger partial charge in [-0.05, 0) is 42.7 Å². The van der Waals surface area contributed by atoms with Crippen LogP contribution < -0.4 is 0 Å². The van der Waals surface area contributed by atoms with E-state index in [0.29, 0.717) is 0 Å². The Labute approximate surface area is 103 Å². The molecule has 3 rings (SSSR count). The van der Waals surface area contributed by atoms with Crippen LogP contribution in [0.5, 0.6) is 0 Å². The molecule has 1 aromatic heterocycles. The predicted octanol–water partition coefficient (Wildman–Crippen LogP) is 4.15. The highest BCUT2D eigenvalue weighted by Gasteiger charge is 2.31. The zero-order valence-corrected chi connectivity index (χ0v) is 9.97. The average Bonchev–Trinajstić information content (AvgIpc) is 3.05. The van der Waals surface area contributed by atoms with E-state index in [4.69, 9.17) is 0 Å². The average molecular weight is 246 g/mol. The maximum atomic E-state index is 13.1. The summed E-state index contributed by atoms with van der Waals surface area (Å²) < 4.78 is 13.1. The summed E-state index contributed by atoms with van der Waals surface area (Å²) in [4.78, 5) is 13.6. The molecule has 0 amide bonds. The normalized spacial score (nSPS) is 14.9. The van der Waals surface area contributed by atoms with Gasteiger partial charge in [-0.1, -0.05) is 12.1 Å². The Bertz CT molecular complexity index is 569. The van der Waals surface area contributed by atoms with Crippen molar-refractivity contribution in [3.63, 3.8) is 0 Å². The van der Waals surface area contributed by atoms with Crippen molar-refractivity contribution in [1.82, 2.24) is 0 Å². The third-order valence-electron chi connectivity index (χ3n) is 2.91. The molecule has 1 aromatic carbocycles. The van der Waals surface area contributed by atoms with Crippen molar-refractivity contribution >= 4 is 17.1 Å². The molecule has 1 aliphatic carbocycles. The molecule has 1 heterocycles. The first-order chi connectivity index (χ1) is 8.24. The van der Waals surface area contributed by atoms with Crippen molar-refractivity contribution in [1.29, 1.82) is 0 Å². The van der Waals surface area contributed by atoms with Crippen LogP contribution in [0.3, 0.4) is 0 Å². The van der Waals surface area contributed by atoms with Gasteiger partial charge in [-0.3, -0.25) is 4.79 Å². The fourth-order valence-corrected chi connectivity index (χ4v) is 2.84. The minimum absolute atomic E-state index is 0.244. The van der Waals surface area contributed by atoms with Crippen LogP contribution in [-0.2, 0) is 0 Å². The summed E-state index contributed by atoms with van der Waals surface area (Å²) in [5.41, 5.74) is 0.838.